The molecule has 1 saturated heterocycles. The van der Waals surface area contributed by atoms with Gasteiger partial charge in [0.1, 0.15) is 5.82 Å². The lowest BCUT2D eigenvalue weighted by Gasteiger charge is -2.11. The van der Waals surface area contributed by atoms with Crippen LogP contribution in [0.1, 0.15) is 22.3 Å². The molecule has 0 radical (unpaired) electrons. The molecule has 1 aromatic rings. The number of benzene rings is 1. The molecule has 2 rings (SSSR count). The molecule has 0 aromatic heterocycles. The molecule has 1 amide bonds. The molecule has 3 N–H and O–H groups in total. The summed E-state index contributed by atoms with van der Waals surface area (Å²) >= 11 is 1.96. The van der Waals surface area contributed by atoms with Crippen LogP contribution in [0.15, 0.2) is 18.2 Å². The van der Waals surface area contributed by atoms with E-state index in [-0.39, 0.29) is 5.82 Å². The van der Waals surface area contributed by atoms with Crippen molar-refractivity contribution >= 4 is 17.7 Å². The van der Waals surface area contributed by atoms with Gasteiger partial charge in [-0.15, -0.1) is 0 Å². The third kappa shape index (κ3) is 3.46. The smallest absolute Gasteiger partial charge is 0.248 e. The third-order valence-electron chi connectivity index (χ3n) is 3.10. The highest BCUT2D eigenvalue weighted by atomic mass is 32.2. The van der Waals surface area contributed by atoms with E-state index in [1.807, 2.05) is 11.8 Å². The number of amides is 1. The molecule has 1 heterocycles. The van der Waals surface area contributed by atoms with Gasteiger partial charge >= 0.3 is 0 Å². The maximum absolute atomic E-state index is 13.5. The van der Waals surface area contributed by atoms with Crippen LogP contribution in [0.2, 0.25) is 0 Å². The molecule has 18 heavy (non-hydrogen) atoms. The Kier molecular flexibility index (Phi) is 4.60. The molecule has 1 unspecified atom stereocenters. The highest BCUT2D eigenvalue weighted by Crippen LogP contribution is 2.22. The van der Waals surface area contributed by atoms with Crippen LogP contribution in [0, 0.1) is 11.7 Å². The van der Waals surface area contributed by atoms with Crippen LogP contribution in [-0.4, -0.2) is 24.0 Å². The number of nitrogens with two attached hydrogens (primary N) is 1. The lowest BCUT2D eigenvalue weighted by atomic mass is 10.1. The monoisotopic (exact) mass is 268 g/mol. The number of primary amides is 1. The summed E-state index contributed by atoms with van der Waals surface area (Å²) in [6, 6.07) is 4.23. The van der Waals surface area contributed by atoms with Crippen LogP contribution >= 0.6 is 11.8 Å². The van der Waals surface area contributed by atoms with E-state index in [1.165, 1.54) is 36.1 Å². The summed E-state index contributed by atoms with van der Waals surface area (Å²) in [6.07, 6.45) is 1.22. The first-order valence-electron chi connectivity index (χ1n) is 6.03. The summed E-state index contributed by atoms with van der Waals surface area (Å²) in [5, 5.41) is 3.25. The Hall–Kier alpha value is -1.07. The zero-order valence-electron chi connectivity index (χ0n) is 10.1. The first-order valence-corrected chi connectivity index (χ1v) is 7.19. The fraction of sp³-hybridized carbons (Fsp3) is 0.462. The minimum atomic E-state index is -0.525. The molecule has 5 heteroatoms. The summed E-state index contributed by atoms with van der Waals surface area (Å²) < 4.78 is 13.5. The van der Waals surface area contributed by atoms with Crippen molar-refractivity contribution < 1.29 is 9.18 Å². The predicted octanol–water partition coefficient (Wildman–Crippen LogP) is 1.77. The van der Waals surface area contributed by atoms with Gasteiger partial charge in [0, 0.05) is 17.7 Å². The third-order valence-corrected chi connectivity index (χ3v) is 4.33. The van der Waals surface area contributed by atoms with Crippen molar-refractivity contribution in [1.82, 2.24) is 5.32 Å². The van der Waals surface area contributed by atoms with Gasteiger partial charge in [-0.05, 0) is 48.6 Å². The number of thioether (sulfide) groups is 1. The Balaban J connectivity index is 1.91. The first-order chi connectivity index (χ1) is 8.66. The second-order valence-corrected chi connectivity index (χ2v) is 5.68. The lowest BCUT2D eigenvalue weighted by molar-refractivity contribution is 0.1000. The van der Waals surface area contributed by atoms with Gasteiger partial charge in [0.05, 0.1) is 0 Å². The van der Waals surface area contributed by atoms with Crippen molar-refractivity contribution in [3.8, 4) is 0 Å². The van der Waals surface area contributed by atoms with Crippen molar-refractivity contribution in [3.63, 3.8) is 0 Å². The van der Waals surface area contributed by atoms with E-state index in [9.17, 15) is 9.18 Å². The summed E-state index contributed by atoms with van der Waals surface area (Å²) in [5.41, 5.74) is 6.03. The summed E-state index contributed by atoms with van der Waals surface area (Å²) in [4.78, 5) is 11.0. The van der Waals surface area contributed by atoms with Crippen molar-refractivity contribution in [2.45, 2.75) is 13.0 Å². The Morgan fingerprint density at radius 1 is 1.56 bits per heavy atom. The van der Waals surface area contributed by atoms with Gasteiger partial charge in [-0.3, -0.25) is 4.79 Å². The molecule has 1 fully saturated rings. The molecule has 1 aliphatic rings. The van der Waals surface area contributed by atoms with Gasteiger partial charge in [0.2, 0.25) is 5.91 Å². The molecule has 1 atom stereocenters. The normalized spacial score (nSPS) is 19.1. The average molecular weight is 268 g/mol. The van der Waals surface area contributed by atoms with E-state index < -0.39 is 5.91 Å². The van der Waals surface area contributed by atoms with E-state index >= 15 is 0 Å². The number of nitrogens with one attached hydrogen (secondary N) is 1. The maximum Gasteiger partial charge on any atom is 0.248 e. The van der Waals surface area contributed by atoms with E-state index in [4.69, 9.17) is 5.73 Å². The van der Waals surface area contributed by atoms with Crippen LogP contribution in [-0.2, 0) is 6.54 Å². The highest BCUT2D eigenvalue weighted by molar-refractivity contribution is 7.99. The highest BCUT2D eigenvalue weighted by Gasteiger charge is 2.15. The van der Waals surface area contributed by atoms with Crippen LogP contribution in [0.25, 0.3) is 0 Å². The van der Waals surface area contributed by atoms with Gasteiger partial charge in [0.25, 0.3) is 0 Å². The van der Waals surface area contributed by atoms with Gasteiger partial charge in [-0.2, -0.15) is 11.8 Å². The van der Waals surface area contributed by atoms with Crippen LogP contribution in [0.3, 0.4) is 0 Å². The average Bonchev–Trinajstić information content (AvgIpc) is 2.84. The second-order valence-electron chi connectivity index (χ2n) is 4.53. The van der Waals surface area contributed by atoms with Crippen LogP contribution in [0.5, 0.6) is 0 Å². The zero-order chi connectivity index (χ0) is 13.0. The first kappa shape index (κ1) is 13.4. The van der Waals surface area contributed by atoms with Crippen molar-refractivity contribution in [2.75, 3.05) is 18.1 Å². The van der Waals surface area contributed by atoms with E-state index in [1.54, 1.807) is 0 Å². The maximum atomic E-state index is 13.5. The Morgan fingerprint density at radius 2 is 2.39 bits per heavy atom. The molecular formula is C13H17FN2OS. The van der Waals surface area contributed by atoms with E-state index in [0.29, 0.717) is 23.6 Å². The number of halogens is 1. The second kappa shape index (κ2) is 6.20. The molecule has 0 aliphatic carbocycles. The number of carbonyl (C=O) groups is 1. The molecule has 0 spiro atoms. The Bertz CT molecular complexity index is 433. The Morgan fingerprint density at radius 3 is 3.06 bits per heavy atom. The quantitative estimate of drug-likeness (QED) is 0.855. The van der Waals surface area contributed by atoms with Gasteiger partial charge in [0.15, 0.2) is 0 Å². The molecule has 0 saturated carbocycles. The van der Waals surface area contributed by atoms with Gasteiger partial charge in [-0.25, -0.2) is 4.39 Å². The molecule has 1 aliphatic heterocycles. The number of hydrogen-bond donors (Lipinski definition) is 2. The topological polar surface area (TPSA) is 55.1 Å². The summed E-state index contributed by atoms with van der Waals surface area (Å²) in [5.74, 6) is 2.25. The number of hydrogen-bond acceptors (Lipinski definition) is 3. The largest absolute Gasteiger partial charge is 0.366 e. The SMILES string of the molecule is NC(=O)c1ccc(F)c(CNCC2CCSC2)c1. The van der Waals surface area contributed by atoms with Crippen LogP contribution < -0.4 is 11.1 Å². The number of carbonyl (C=O) groups excluding carboxylic acids is 1. The summed E-state index contributed by atoms with van der Waals surface area (Å²) in [6.45, 7) is 1.33. The fourth-order valence-electron chi connectivity index (χ4n) is 2.02. The summed E-state index contributed by atoms with van der Waals surface area (Å²) in [7, 11) is 0. The molecular weight excluding hydrogens is 251 g/mol. The van der Waals surface area contributed by atoms with E-state index in [2.05, 4.69) is 5.32 Å². The molecule has 98 valence electrons. The lowest BCUT2D eigenvalue weighted by Crippen LogP contribution is -2.23. The minimum Gasteiger partial charge on any atom is -0.366 e. The number of rotatable bonds is 5. The van der Waals surface area contributed by atoms with Crippen LogP contribution in [0.4, 0.5) is 4.39 Å². The van der Waals surface area contributed by atoms with Gasteiger partial charge < -0.3 is 11.1 Å². The standard InChI is InChI=1S/C13H17FN2OS/c14-12-2-1-10(13(15)17)5-11(12)7-16-6-9-3-4-18-8-9/h1-2,5,9,16H,3-4,6-8H2,(H2,15,17). The molecule has 0 bridgehead atoms. The predicted molar refractivity (Wildman–Crippen MR) is 72.1 cm³/mol. The Labute approximate surface area is 110 Å². The minimum absolute atomic E-state index is 0.298. The molecule has 1 aromatic carbocycles. The van der Waals surface area contributed by atoms with Gasteiger partial charge in [-0.1, -0.05) is 0 Å². The fourth-order valence-corrected chi connectivity index (χ4v) is 3.30. The van der Waals surface area contributed by atoms with Crippen molar-refractivity contribution in [2.24, 2.45) is 11.7 Å². The zero-order valence-corrected chi connectivity index (χ0v) is 10.9. The van der Waals surface area contributed by atoms with Crippen molar-refractivity contribution in [3.05, 3.63) is 35.1 Å². The van der Waals surface area contributed by atoms with Crippen molar-refractivity contribution in [1.29, 1.82) is 0 Å². The molecule has 3 nitrogen and oxygen atoms in total. The van der Waals surface area contributed by atoms with E-state index in [0.717, 1.165) is 6.54 Å².